The molecule has 0 spiro atoms. The number of carbonyl (C=O) groups is 1. The maximum atomic E-state index is 11.8. The van der Waals surface area contributed by atoms with Crippen LogP contribution in [0, 0.1) is 0 Å². The van der Waals surface area contributed by atoms with Crippen molar-refractivity contribution in [2.45, 2.75) is 24.2 Å². The van der Waals surface area contributed by atoms with Crippen LogP contribution in [-0.4, -0.2) is 12.8 Å². The van der Waals surface area contributed by atoms with E-state index >= 15 is 0 Å². The maximum absolute atomic E-state index is 11.8. The lowest BCUT2D eigenvalue weighted by Gasteiger charge is -2.15. The molecule has 3 heteroatoms. The SMILES string of the molecule is CN1/C(=C2\CCCC2=O)Sc2ccccc21. The summed E-state index contributed by atoms with van der Waals surface area (Å²) >= 11 is 1.73. The highest BCUT2D eigenvalue weighted by Gasteiger charge is 2.29. The highest BCUT2D eigenvalue weighted by molar-refractivity contribution is 8.03. The molecule has 2 aliphatic rings. The highest BCUT2D eigenvalue weighted by atomic mass is 32.2. The molecule has 0 aromatic heterocycles. The van der Waals surface area contributed by atoms with E-state index < -0.39 is 0 Å². The average molecular weight is 231 g/mol. The van der Waals surface area contributed by atoms with E-state index in [-0.39, 0.29) is 0 Å². The second-order valence-corrected chi connectivity index (χ2v) is 5.22. The van der Waals surface area contributed by atoms with Crippen molar-refractivity contribution >= 4 is 23.2 Å². The summed E-state index contributed by atoms with van der Waals surface area (Å²) < 4.78 is 0. The van der Waals surface area contributed by atoms with E-state index in [0.717, 1.165) is 29.9 Å². The summed E-state index contributed by atoms with van der Waals surface area (Å²) in [7, 11) is 2.05. The fraction of sp³-hybridized carbons (Fsp3) is 0.308. The summed E-state index contributed by atoms with van der Waals surface area (Å²) in [5.74, 6) is 0.335. The number of ketones is 1. The first kappa shape index (κ1) is 9.97. The van der Waals surface area contributed by atoms with Gasteiger partial charge in [-0.05, 0) is 25.0 Å². The van der Waals surface area contributed by atoms with Crippen LogP contribution in [-0.2, 0) is 4.79 Å². The number of nitrogens with zero attached hydrogens (tertiary/aromatic N) is 1. The molecule has 1 aliphatic heterocycles. The molecular weight excluding hydrogens is 218 g/mol. The summed E-state index contributed by atoms with van der Waals surface area (Å²) in [6.07, 6.45) is 2.69. The van der Waals surface area contributed by atoms with Crippen LogP contribution in [0.5, 0.6) is 0 Å². The standard InChI is InChI=1S/C13H13NOS/c1-14-10-6-2-3-8-12(10)16-13(14)9-5-4-7-11(9)15/h2-3,6,8H,4-5,7H2,1H3/b13-9-. The second-order valence-electron chi connectivity index (χ2n) is 4.19. The van der Waals surface area contributed by atoms with E-state index in [4.69, 9.17) is 0 Å². The Hall–Kier alpha value is -1.22. The third-order valence-electron chi connectivity index (χ3n) is 3.16. The predicted octanol–water partition coefficient (Wildman–Crippen LogP) is 3.19. The van der Waals surface area contributed by atoms with E-state index in [2.05, 4.69) is 17.0 Å². The van der Waals surface area contributed by atoms with Crippen LogP contribution < -0.4 is 4.90 Å². The molecule has 16 heavy (non-hydrogen) atoms. The quantitative estimate of drug-likeness (QED) is 0.640. The van der Waals surface area contributed by atoms with Crippen molar-refractivity contribution in [3.8, 4) is 0 Å². The summed E-state index contributed by atoms with van der Waals surface area (Å²) in [5.41, 5.74) is 2.25. The number of fused-ring (bicyclic) bond motifs is 1. The molecule has 0 atom stereocenters. The second kappa shape index (κ2) is 3.67. The van der Waals surface area contributed by atoms with Gasteiger partial charge < -0.3 is 4.90 Å². The summed E-state index contributed by atoms with van der Waals surface area (Å²) in [6, 6.07) is 8.31. The van der Waals surface area contributed by atoms with Gasteiger partial charge in [-0.1, -0.05) is 23.9 Å². The van der Waals surface area contributed by atoms with E-state index in [1.165, 1.54) is 10.6 Å². The van der Waals surface area contributed by atoms with Crippen LogP contribution in [0.15, 0.2) is 39.8 Å². The van der Waals surface area contributed by atoms with Crippen molar-refractivity contribution < 1.29 is 4.79 Å². The normalized spacial score (nSPS) is 24.1. The van der Waals surface area contributed by atoms with Crippen LogP contribution in [0.25, 0.3) is 0 Å². The zero-order valence-corrected chi connectivity index (χ0v) is 10.0. The number of hydrogen-bond donors (Lipinski definition) is 0. The molecule has 2 nitrogen and oxygen atoms in total. The smallest absolute Gasteiger partial charge is 0.161 e. The molecule has 1 aliphatic carbocycles. The Bertz CT molecular complexity index is 492. The molecule has 1 saturated carbocycles. The van der Waals surface area contributed by atoms with Crippen LogP contribution in [0.3, 0.4) is 0 Å². The topological polar surface area (TPSA) is 20.3 Å². The van der Waals surface area contributed by atoms with Gasteiger partial charge in [0.2, 0.25) is 0 Å². The van der Waals surface area contributed by atoms with E-state index in [0.29, 0.717) is 5.78 Å². The van der Waals surface area contributed by atoms with Crippen LogP contribution in [0.4, 0.5) is 5.69 Å². The molecular formula is C13H13NOS. The zero-order chi connectivity index (χ0) is 11.1. The first-order valence-electron chi connectivity index (χ1n) is 5.54. The van der Waals surface area contributed by atoms with E-state index in [1.54, 1.807) is 11.8 Å². The molecule has 0 radical (unpaired) electrons. The predicted molar refractivity (Wildman–Crippen MR) is 66.6 cm³/mol. The molecule has 1 aromatic rings. The minimum atomic E-state index is 0.335. The summed E-state index contributed by atoms with van der Waals surface area (Å²) in [5, 5.41) is 1.14. The number of para-hydroxylation sites is 1. The Kier molecular flexibility index (Phi) is 2.28. The molecule has 82 valence electrons. The summed E-state index contributed by atoms with van der Waals surface area (Å²) in [4.78, 5) is 15.2. The van der Waals surface area contributed by atoms with Gasteiger partial charge in [0.1, 0.15) is 0 Å². The third-order valence-corrected chi connectivity index (χ3v) is 4.44. The minimum absolute atomic E-state index is 0.335. The van der Waals surface area contributed by atoms with Gasteiger partial charge in [-0.2, -0.15) is 0 Å². The van der Waals surface area contributed by atoms with Gasteiger partial charge in [0.25, 0.3) is 0 Å². The van der Waals surface area contributed by atoms with Gasteiger partial charge in [0, 0.05) is 23.9 Å². The number of carbonyl (C=O) groups excluding carboxylic acids is 1. The highest BCUT2D eigenvalue weighted by Crippen LogP contribution is 2.47. The molecule has 1 fully saturated rings. The van der Waals surface area contributed by atoms with Gasteiger partial charge in [-0.3, -0.25) is 4.79 Å². The fourth-order valence-electron chi connectivity index (χ4n) is 2.31. The number of Topliss-reactive ketones (excluding diaryl/α,β-unsaturated/α-hetero) is 1. The Morgan fingerprint density at radius 3 is 2.75 bits per heavy atom. The average Bonchev–Trinajstić information content (AvgIpc) is 2.84. The van der Waals surface area contributed by atoms with Gasteiger partial charge in [-0.15, -0.1) is 0 Å². The molecule has 1 aromatic carbocycles. The molecule has 3 rings (SSSR count). The third kappa shape index (κ3) is 1.39. The molecule has 0 unspecified atom stereocenters. The minimum Gasteiger partial charge on any atom is -0.338 e. The lowest BCUT2D eigenvalue weighted by Crippen LogP contribution is -2.13. The van der Waals surface area contributed by atoms with Crippen molar-refractivity contribution in [3.63, 3.8) is 0 Å². The number of benzene rings is 1. The van der Waals surface area contributed by atoms with Crippen molar-refractivity contribution in [1.82, 2.24) is 0 Å². The number of hydrogen-bond acceptors (Lipinski definition) is 3. The van der Waals surface area contributed by atoms with Crippen molar-refractivity contribution in [3.05, 3.63) is 34.9 Å². The Morgan fingerprint density at radius 2 is 2.06 bits per heavy atom. The number of thioether (sulfide) groups is 1. The Labute approximate surface area is 99.3 Å². The Morgan fingerprint density at radius 1 is 1.25 bits per heavy atom. The molecule has 0 bridgehead atoms. The summed E-state index contributed by atoms with van der Waals surface area (Å²) in [6.45, 7) is 0. The fourth-order valence-corrected chi connectivity index (χ4v) is 3.55. The van der Waals surface area contributed by atoms with Crippen molar-refractivity contribution in [2.24, 2.45) is 0 Å². The lowest BCUT2D eigenvalue weighted by atomic mass is 10.2. The van der Waals surface area contributed by atoms with Crippen LogP contribution in [0.1, 0.15) is 19.3 Å². The number of anilines is 1. The first-order valence-corrected chi connectivity index (χ1v) is 6.36. The Balaban J connectivity index is 2.07. The molecule has 0 amide bonds. The van der Waals surface area contributed by atoms with E-state index in [9.17, 15) is 4.79 Å². The van der Waals surface area contributed by atoms with Gasteiger partial charge >= 0.3 is 0 Å². The maximum Gasteiger partial charge on any atom is 0.161 e. The molecule has 0 N–H and O–H groups in total. The monoisotopic (exact) mass is 231 g/mol. The number of rotatable bonds is 0. The zero-order valence-electron chi connectivity index (χ0n) is 9.19. The number of allylic oxidation sites excluding steroid dienone is 1. The first-order chi connectivity index (χ1) is 7.77. The lowest BCUT2D eigenvalue weighted by molar-refractivity contribution is -0.114. The van der Waals surface area contributed by atoms with E-state index in [1.807, 2.05) is 19.2 Å². The molecule has 1 heterocycles. The largest absolute Gasteiger partial charge is 0.338 e. The van der Waals surface area contributed by atoms with Crippen LogP contribution in [0.2, 0.25) is 0 Å². The van der Waals surface area contributed by atoms with Gasteiger partial charge in [-0.25, -0.2) is 0 Å². The van der Waals surface area contributed by atoms with Crippen molar-refractivity contribution in [2.75, 3.05) is 11.9 Å². The van der Waals surface area contributed by atoms with Gasteiger partial charge in [0.15, 0.2) is 5.78 Å². The van der Waals surface area contributed by atoms with Crippen molar-refractivity contribution in [1.29, 1.82) is 0 Å². The van der Waals surface area contributed by atoms with Crippen LogP contribution >= 0.6 is 11.8 Å². The van der Waals surface area contributed by atoms with Gasteiger partial charge in [0.05, 0.1) is 10.7 Å². The molecule has 0 saturated heterocycles.